The molecular formula is C14H17NO3. The van der Waals surface area contributed by atoms with Gasteiger partial charge in [-0.1, -0.05) is 12.1 Å². The number of carbonyl (C=O) groups is 1. The Balaban J connectivity index is 1.81. The summed E-state index contributed by atoms with van der Waals surface area (Å²) >= 11 is 0. The zero-order valence-electron chi connectivity index (χ0n) is 10.3. The molecule has 1 aliphatic heterocycles. The normalized spacial score (nSPS) is 19.0. The van der Waals surface area contributed by atoms with Crippen molar-refractivity contribution in [3.05, 3.63) is 29.3 Å². The van der Waals surface area contributed by atoms with Crippen LogP contribution in [0.4, 0.5) is 4.79 Å². The Morgan fingerprint density at radius 1 is 1.39 bits per heavy atom. The Morgan fingerprint density at radius 3 is 2.89 bits per heavy atom. The lowest BCUT2D eigenvalue weighted by Gasteiger charge is -2.31. The lowest BCUT2D eigenvalue weighted by atomic mass is 9.95. The highest BCUT2D eigenvalue weighted by atomic mass is 16.5. The van der Waals surface area contributed by atoms with Gasteiger partial charge in [-0.05, 0) is 37.3 Å². The molecule has 1 aromatic carbocycles. The van der Waals surface area contributed by atoms with Crippen LogP contribution >= 0.6 is 0 Å². The molecule has 1 aliphatic carbocycles. The molecule has 0 aromatic heterocycles. The maximum Gasteiger partial charge on any atom is 0.407 e. The Hall–Kier alpha value is -1.71. The van der Waals surface area contributed by atoms with Gasteiger partial charge in [0.05, 0.1) is 6.10 Å². The smallest absolute Gasteiger partial charge is 0.407 e. The zero-order chi connectivity index (χ0) is 12.5. The number of benzene rings is 1. The molecular weight excluding hydrogens is 230 g/mol. The Morgan fingerprint density at radius 2 is 2.22 bits per heavy atom. The second kappa shape index (κ2) is 4.52. The summed E-state index contributed by atoms with van der Waals surface area (Å²) < 4.78 is 5.98. The molecule has 1 N–H and O–H groups in total. The predicted molar refractivity (Wildman–Crippen MR) is 66.8 cm³/mol. The highest BCUT2D eigenvalue weighted by Crippen LogP contribution is 2.32. The average molecular weight is 247 g/mol. The third kappa shape index (κ3) is 2.03. The average Bonchev–Trinajstić information content (AvgIpc) is 2.33. The molecule has 1 saturated carbocycles. The maximum absolute atomic E-state index is 11.0. The van der Waals surface area contributed by atoms with E-state index in [9.17, 15) is 4.79 Å². The number of ether oxygens (including phenoxy) is 1. The van der Waals surface area contributed by atoms with Crippen molar-refractivity contribution in [2.75, 3.05) is 6.54 Å². The minimum atomic E-state index is -0.842. The second-order valence-corrected chi connectivity index (χ2v) is 5.02. The minimum Gasteiger partial charge on any atom is -0.490 e. The summed E-state index contributed by atoms with van der Waals surface area (Å²) in [6.45, 7) is 1.04. The minimum absolute atomic E-state index is 0.369. The van der Waals surface area contributed by atoms with Crippen LogP contribution in [0, 0.1) is 0 Å². The number of carboxylic acid groups (broad SMARTS) is 1. The number of rotatable bonds is 2. The van der Waals surface area contributed by atoms with Crippen molar-refractivity contribution in [1.29, 1.82) is 0 Å². The first-order valence-corrected chi connectivity index (χ1v) is 6.49. The molecule has 3 rings (SSSR count). The van der Waals surface area contributed by atoms with E-state index in [2.05, 4.69) is 0 Å². The molecule has 2 aliphatic rings. The summed E-state index contributed by atoms with van der Waals surface area (Å²) in [5.41, 5.74) is 2.28. The highest BCUT2D eigenvalue weighted by Gasteiger charge is 2.25. The number of hydrogen-bond acceptors (Lipinski definition) is 2. The van der Waals surface area contributed by atoms with E-state index in [1.54, 1.807) is 0 Å². The Labute approximate surface area is 106 Å². The molecule has 0 saturated heterocycles. The standard InChI is InChI=1S/C14H17NO3/c16-14(17)15-8-7-12-10(9-15)3-1-6-13(12)18-11-4-2-5-11/h1,3,6,11H,2,4-5,7-9H2,(H,16,17). The summed E-state index contributed by atoms with van der Waals surface area (Å²) in [4.78, 5) is 12.4. The van der Waals surface area contributed by atoms with E-state index >= 15 is 0 Å². The molecule has 0 atom stereocenters. The van der Waals surface area contributed by atoms with Gasteiger partial charge < -0.3 is 14.7 Å². The molecule has 1 fully saturated rings. The van der Waals surface area contributed by atoms with Crippen molar-refractivity contribution < 1.29 is 14.6 Å². The van der Waals surface area contributed by atoms with Gasteiger partial charge in [0.15, 0.2) is 0 Å². The van der Waals surface area contributed by atoms with Gasteiger partial charge in [0.25, 0.3) is 0 Å². The first-order chi connectivity index (χ1) is 8.74. The van der Waals surface area contributed by atoms with Crippen molar-refractivity contribution in [3.8, 4) is 5.75 Å². The fraction of sp³-hybridized carbons (Fsp3) is 0.500. The van der Waals surface area contributed by atoms with Gasteiger partial charge in [-0.15, -0.1) is 0 Å². The third-order valence-electron chi connectivity index (χ3n) is 3.84. The molecule has 1 amide bonds. The molecule has 4 heteroatoms. The number of fused-ring (bicyclic) bond motifs is 1. The summed E-state index contributed by atoms with van der Waals surface area (Å²) in [5.74, 6) is 0.960. The van der Waals surface area contributed by atoms with E-state index < -0.39 is 6.09 Å². The van der Waals surface area contributed by atoms with E-state index in [1.165, 1.54) is 16.9 Å². The zero-order valence-corrected chi connectivity index (χ0v) is 10.3. The molecule has 18 heavy (non-hydrogen) atoms. The molecule has 1 heterocycles. The molecule has 1 aromatic rings. The Kier molecular flexibility index (Phi) is 2.86. The Bertz CT molecular complexity index is 468. The molecule has 0 radical (unpaired) electrons. The van der Waals surface area contributed by atoms with Crippen LogP contribution in [0.5, 0.6) is 5.75 Å². The molecule has 0 spiro atoms. The van der Waals surface area contributed by atoms with E-state index in [4.69, 9.17) is 9.84 Å². The lowest BCUT2D eigenvalue weighted by Crippen LogP contribution is -2.35. The van der Waals surface area contributed by atoms with Crippen molar-refractivity contribution in [2.45, 2.75) is 38.3 Å². The first kappa shape index (κ1) is 11.4. The van der Waals surface area contributed by atoms with E-state index in [0.29, 0.717) is 19.2 Å². The van der Waals surface area contributed by atoms with Crippen molar-refractivity contribution in [3.63, 3.8) is 0 Å². The molecule has 4 nitrogen and oxygen atoms in total. The van der Waals surface area contributed by atoms with Crippen LogP contribution in [0.1, 0.15) is 30.4 Å². The van der Waals surface area contributed by atoms with Gasteiger partial charge in [0, 0.05) is 18.7 Å². The number of amides is 1. The van der Waals surface area contributed by atoms with Gasteiger partial charge in [-0.3, -0.25) is 0 Å². The van der Waals surface area contributed by atoms with E-state index in [0.717, 1.165) is 30.6 Å². The van der Waals surface area contributed by atoms with Gasteiger partial charge in [0.2, 0.25) is 0 Å². The van der Waals surface area contributed by atoms with Crippen molar-refractivity contribution in [2.24, 2.45) is 0 Å². The summed E-state index contributed by atoms with van der Waals surface area (Å²) in [7, 11) is 0. The van der Waals surface area contributed by atoms with Gasteiger partial charge in [0.1, 0.15) is 5.75 Å². The molecule has 96 valence electrons. The monoisotopic (exact) mass is 247 g/mol. The van der Waals surface area contributed by atoms with Crippen molar-refractivity contribution >= 4 is 6.09 Å². The van der Waals surface area contributed by atoms with Gasteiger partial charge in [-0.2, -0.15) is 0 Å². The van der Waals surface area contributed by atoms with Crippen LogP contribution < -0.4 is 4.74 Å². The first-order valence-electron chi connectivity index (χ1n) is 6.49. The van der Waals surface area contributed by atoms with E-state index in [1.807, 2.05) is 18.2 Å². The summed E-state index contributed by atoms with van der Waals surface area (Å²) in [6.07, 6.45) is 3.83. The quantitative estimate of drug-likeness (QED) is 0.874. The second-order valence-electron chi connectivity index (χ2n) is 5.02. The predicted octanol–water partition coefficient (Wildman–Crippen LogP) is 2.65. The fourth-order valence-corrected chi connectivity index (χ4v) is 2.52. The van der Waals surface area contributed by atoms with E-state index in [-0.39, 0.29) is 0 Å². The van der Waals surface area contributed by atoms with Crippen LogP contribution in [-0.2, 0) is 13.0 Å². The SMILES string of the molecule is O=C(O)N1CCc2c(cccc2OC2CCC2)C1. The summed E-state index contributed by atoms with van der Waals surface area (Å²) in [6, 6.07) is 5.96. The van der Waals surface area contributed by atoms with Crippen LogP contribution in [0.15, 0.2) is 18.2 Å². The van der Waals surface area contributed by atoms with Crippen molar-refractivity contribution in [1.82, 2.24) is 4.90 Å². The van der Waals surface area contributed by atoms with Crippen LogP contribution in [-0.4, -0.2) is 28.7 Å². The summed E-state index contributed by atoms with van der Waals surface area (Å²) in [5, 5.41) is 9.02. The highest BCUT2D eigenvalue weighted by molar-refractivity contribution is 5.65. The molecule has 0 unspecified atom stereocenters. The van der Waals surface area contributed by atoms with Crippen LogP contribution in [0.2, 0.25) is 0 Å². The number of hydrogen-bond donors (Lipinski definition) is 1. The maximum atomic E-state index is 11.0. The van der Waals surface area contributed by atoms with Gasteiger partial charge >= 0.3 is 6.09 Å². The topological polar surface area (TPSA) is 49.8 Å². The van der Waals surface area contributed by atoms with Gasteiger partial charge in [-0.25, -0.2) is 4.79 Å². The largest absolute Gasteiger partial charge is 0.490 e. The van der Waals surface area contributed by atoms with Crippen LogP contribution in [0.25, 0.3) is 0 Å². The fourth-order valence-electron chi connectivity index (χ4n) is 2.52. The van der Waals surface area contributed by atoms with Crippen LogP contribution in [0.3, 0.4) is 0 Å². The lowest BCUT2D eigenvalue weighted by molar-refractivity contribution is 0.116. The number of nitrogens with zero attached hydrogens (tertiary/aromatic N) is 1. The third-order valence-corrected chi connectivity index (χ3v) is 3.84. The molecule has 0 bridgehead atoms.